The average Bonchev–Trinajstić information content (AvgIpc) is 3.13. The molecule has 0 aliphatic carbocycles. The third kappa shape index (κ3) is 4.70. The van der Waals surface area contributed by atoms with Crippen LogP contribution in [-0.4, -0.2) is 47.3 Å². The van der Waals surface area contributed by atoms with E-state index in [1.807, 2.05) is 4.90 Å². The molecule has 2 aromatic rings. The Morgan fingerprint density at radius 2 is 1.85 bits per heavy atom. The van der Waals surface area contributed by atoms with Gasteiger partial charge in [0.1, 0.15) is 5.76 Å². The van der Waals surface area contributed by atoms with Crippen LogP contribution in [0.5, 0.6) is 0 Å². The Hall–Kier alpha value is -3.20. The summed E-state index contributed by atoms with van der Waals surface area (Å²) in [5.41, 5.74) is 5.84. The summed E-state index contributed by atoms with van der Waals surface area (Å²) in [5.74, 6) is -0.0161. The molecular formula is C18H20N4O5. The maximum absolute atomic E-state index is 12.4. The first-order valence-corrected chi connectivity index (χ1v) is 8.58. The first-order valence-electron chi connectivity index (χ1n) is 8.58. The molecule has 1 aromatic heterocycles. The lowest BCUT2D eigenvalue weighted by Gasteiger charge is -2.31. The topological polar surface area (TPSA) is 132 Å². The lowest BCUT2D eigenvalue weighted by Crippen LogP contribution is -2.46. The Morgan fingerprint density at radius 1 is 1.19 bits per heavy atom. The number of non-ortho nitro benzene ring substituents is 1. The maximum atomic E-state index is 12.4. The minimum atomic E-state index is -0.473. The molecule has 27 heavy (non-hydrogen) atoms. The quantitative estimate of drug-likeness (QED) is 0.584. The molecule has 142 valence electrons. The highest BCUT2D eigenvalue weighted by atomic mass is 16.6. The van der Waals surface area contributed by atoms with Crippen LogP contribution in [0, 0.1) is 10.1 Å². The molecule has 0 saturated carbocycles. The summed E-state index contributed by atoms with van der Waals surface area (Å²) in [6.07, 6.45) is 1.46. The number of nitro groups is 1. The molecule has 0 spiro atoms. The van der Waals surface area contributed by atoms with Crippen LogP contribution in [0.4, 0.5) is 5.69 Å². The number of hydrogen-bond acceptors (Lipinski definition) is 6. The van der Waals surface area contributed by atoms with Crippen molar-refractivity contribution in [1.82, 2.24) is 10.2 Å². The Morgan fingerprint density at radius 3 is 2.44 bits per heavy atom. The Kier molecular flexibility index (Phi) is 5.51. The van der Waals surface area contributed by atoms with Crippen molar-refractivity contribution in [1.29, 1.82) is 0 Å². The van der Waals surface area contributed by atoms with E-state index >= 15 is 0 Å². The number of piperidine rings is 1. The molecule has 3 N–H and O–H groups in total. The molecule has 1 aliphatic heterocycles. The highest BCUT2D eigenvalue weighted by Crippen LogP contribution is 2.24. The Bertz CT molecular complexity index is 838. The second-order valence-corrected chi connectivity index (χ2v) is 6.46. The van der Waals surface area contributed by atoms with Crippen molar-refractivity contribution in [3.05, 3.63) is 52.3 Å². The zero-order valence-electron chi connectivity index (χ0n) is 14.6. The van der Waals surface area contributed by atoms with E-state index in [-0.39, 0.29) is 35.8 Å². The Balaban J connectivity index is 1.57. The van der Waals surface area contributed by atoms with Crippen LogP contribution < -0.4 is 11.1 Å². The lowest BCUT2D eigenvalue weighted by atomic mass is 10.0. The maximum Gasteiger partial charge on any atom is 0.287 e. The van der Waals surface area contributed by atoms with Gasteiger partial charge in [-0.05, 0) is 37.1 Å². The number of nitrogens with one attached hydrogen (secondary N) is 1. The van der Waals surface area contributed by atoms with Gasteiger partial charge < -0.3 is 15.5 Å². The van der Waals surface area contributed by atoms with Crippen molar-refractivity contribution in [2.45, 2.75) is 18.9 Å². The molecule has 1 saturated heterocycles. The van der Waals surface area contributed by atoms with Crippen LogP contribution in [0.25, 0.3) is 11.3 Å². The fourth-order valence-corrected chi connectivity index (χ4v) is 3.07. The zero-order chi connectivity index (χ0) is 19.4. The van der Waals surface area contributed by atoms with Crippen LogP contribution >= 0.6 is 0 Å². The predicted octanol–water partition coefficient (Wildman–Crippen LogP) is 1.53. The van der Waals surface area contributed by atoms with Gasteiger partial charge in [0.25, 0.3) is 11.6 Å². The number of nitrogens with zero attached hydrogens (tertiary/aromatic N) is 2. The lowest BCUT2D eigenvalue weighted by molar-refractivity contribution is -0.384. The van der Waals surface area contributed by atoms with Crippen molar-refractivity contribution in [3.8, 4) is 11.3 Å². The molecule has 9 heteroatoms. The van der Waals surface area contributed by atoms with Crippen LogP contribution in [0.3, 0.4) is 0 Å². The monoisotopic (exact) mass is 372 g/mol. The molecule has 0 radical (unpaired) electrons. The summed E-state index contributed by atoms with van der Waals surface area (Å²) in [6.45, 7) is 1.62. The van der Waals surface area contributed by atoms with Crippen molar-refractivity contribution in [2.24, 2.45) is 5.73 Å². The van der Waals surface area contributed by atoms with E-state index < -0.39 is 4.92 Å². The number of likely N-dealkylation sites (tertiary alicyclic amines) is 1. The summed E-state index contributed by atoms with van der Waals surface area (Å²) in [7, 11) is 0. The molecular weight excluding hydrogens is 352 g/mol. The van der Waals surface area contributed by atoms with Crippen LogP contribution in [-0.2, 0) is 4.79 Å². The van der Waals surface area contributed by atoms with Gasteiger partial charge in [0.2, 0.25) is 5.91 Å². The van der Waals surface area contributed by atoms with E-state index in [0.717, 1.165) is 12.8 Å². The van der Waals surface area contributed by atoms with E-state index in [2.05, 4.69) is 5.32 Å². The first-order chi connectivity index (χ1) is 12.9. The van der Waals surface area contributed by atoms with Gasteiger partial charge in [0.05, 0.1) is 11.5 Å². The summed E-state index contributed by atoms with van der Waals surface area (Å²) >= 11 is 0. The van der Waals surface area contributed by atoms with Crippen molar-refractivity contribution in [2.75, 3.05) is 19.6 Å². The molecule has 0 bridgehead atoms. The number of nitro benzene ring substituents is 1. The van der Waals surface area contributed by atoms with Crippen molar-refractivity contribution in [3.63, 3.8) is 0 Å². The van der Waals surface area contributed by atoms with Gasteiger partial charge >= 0.3 is 0 Å². The fraction of sp³-hybridized carbons (Fsp3) is 0.333. The molecule has 1 aromatic carbocycles. The summed E-state index contributed by atoms with van der Waals surface area (Å²) < 4.78 is 5.59. The summed E-state index contributed by atoms with van der Waals surface area (Å²) in [4.78, 5) is 35.5. The van der Waals surface area contributed by atoms with Crippen LogP contribution in [0.2, 0.25) is 0 Å². The fourth-order valence-electron chi connectivity index (χ4n) is 3.07. The SMILES string of the molecule is NC(=O)CN1CCC(NC(=O)c2ccc(-c3ccc([N+](=O)[O-])cc3)o2)CC1. The largest absolute Gasteiger partial charge is 0.451 e. The van der Waals surface area contributed by atoms with Gasteiger partial charge in [0, 0.05) is 36.8 Å². The Labute approximate surface area is 155 Å². The van der Waals surface area contributed by atoms with Gasteiger partial charge in [-0.1, -0.05) is 0 Å². The third-order valence-corrected chi connectivity index (χ3v) is 4.49. The molecule has 1 aliphatic rings. The number of rotatable bonds is 6. The normalized spacial score (nSPS) is 15.4. The second-order valence-electron chi connectivity index (χ2n) is 6.46. The van der Waals surface area contributed by atoms with Gasteiger partial charge in [-0.15, -0.1) is 0 Å². The van der Waals surface area contributed by atoms with E-state index in [0.29, 0.717) is 24.4 Å². The highest BCUT2D eigenvalue weighted by molar-refractivity contribution is 5.92. The number of hydrogen-bond donors (Lipinski definition) is 2. The molecule has 0 unspecified atom stereocenters. The molecule has 1 fully saturated rings. The van der Waals surface area contributed by atoms with E-state index in [1.165, 1.54) is 12.1 Å². The third-order valence-electron chi connectivity index (χ3n) is 4.49. The molecule has 0 atom stereocenters. The van der Waals surface area contributed by atoms with Gasteiger partial charge in [0.15, 0.2) is 5.76 Å². The zero-order valence-corrected chi connectivity index (χ0v) is 14.6. The van der Waals surface area contributed by atoms with Gasteiger partial charge in [-0.25, -0.2) is 0 Å². The summed E-state index contributed by atoms with van der Waals surface area (Å²) in [6, 6.07) is 9.17. The minimum absolute atomic E-state index is 0.00838. The van der Waals surface area contributed by atoms with Gasteiger partial charge in [-0.2, -0.15) is 0 Å². The van der Waals surface area contributed by atoms with E-state index in [1.54, 1.807) is 24.3 Å². The number of carbonyl (C=O) groups excluding carboxylic acids is 2. The standard InChI is InChI=1S/C18H20N4O5/c19-17(23)11-21-9-7-13(8-10-21)20-18(24)16-6-5-15(27-16)12-1-3-14(4-2-12)22(25)26/h1-6,13H,7-11H2,(H2,19,23)(H,20,24). The van der Waals surface area contributed by atoms with Crippen molar-refractivity contribution < 1.29 is 18.9 Å². The number of primary amides is 1. The van der Waals surface area contributed by atoms with Gasteiger partial charge in [-0.3, -0.25) is 24.6 Å². The van der Waals surface area contributed by atoms with Crippen molar-refractivity contribution >= 4 is 17.5 Å². The second kappa shape index (κ2) is 8.00. The smallest absolute Gasteiger partial charge is 0.287 e. The number of amides is 2. The number of benzene rings is 1. The first kappa shape index (κ1) is 18.6. The molecule has 2 amide bonds. The molecule has 9 nitrogen and oxygen atoms in total. The molecule has 2 heterocycles. The van der Waals surface area contributed by atoms with Crippen LogP contribution in [0.1, 0.15) is 23.4 Å². The average molecular weight is 372 g/mol. The highest BCUT2D eigenvalue weighted by Gasteiger charge is 2.23. The number of carbonyl (C=O) groups is 2. The predicted molar refractivity (Wildman–Crippen MR) is 96.9 cm³/mol. The number of nitrogens with two attached hydrogens (primary N) is 1. The van der Waals surface area contributed by atoms with E-state index in [9.17, 15) is 19.7 Å². The summed E-state index contributed by atoms with van der Waals surface area (Å²) in [5, 5.41) is 13.6. The molecule has 3 rings (SSSR count). The minimum Gasteiger partial charge on any atom is -0.451 e. The van der Waals surface area contributed by atoms with E-state index in [4.69, 9.17) is 10.2 Å². The number of furan rings is 1. The van der Waals surface area contributed by atoms with Crippen LogP contribution in [0.15, 0.2) is 40.8 Å².